The van der Waals surface area contributed by atoms with E-state index >= 15 is 0 Å². The van der Waals surface area contributed by atoms with E-state index in [0.717, 1.165) is 24.8 Å². The average Bonchev–Trinajstić information content (AvgIpc) is 2.93. The summed E-state index contributed by atoms with van der Waals surface area (Å²) in [5.74, 6) is 1.12. The Labute approximate surface area is 119 Å². The van der Waals surface area contributed by atoms with Crippen molar-refractivity contribution in [3.05, 3.63) is 28.8 Å². The van der Waals surface area contributed by atoms with Crippen LogP contribution in [-0.4, -0.2) is 19.6 Å². The monoisotopic (exact) mass is 281 g/mol. The minimum absolute atomic E-state index is 0.206. The van der Waals surface area contributed by atoms with E-state index in [9.17, 15) is 4.79 Å². The number of hydrogen-bond acceptors (Lipinski definition) is 2. The third-order valence-electron chi connectivity index (χ3n) is 3.66. The van der Waals surface area contributed by atoms with E-state index in [4.69, 9.17) is 16.3 Å². The molecule has 0 unspecified atom stereocenters. The molecule has 0 bridgehead atoms. The van der Waals surface area contributed by atoms with Gasteiger partial charge in [-0.3, -0.25) is 4.79 Å². The van der Waals surface area contributed by atoms with E-state index in [0.29, 0.717) is 17.3 Å². The molecule has 1 N–H and O–H groups in total. The lowest BCUT2D eigenvalue weighted by Crippen LogP contribution is -2.30. The second-order valence-corrected chi connectivity index (χ2v) is 5.40. The molecule has 1 aromatic rings. The van der Waals surface area contributed by atoms with Crippen LogP contribution in [0.5, 0.6) is 5.75 Å². The molecule has 19 heavy (non-hydrogen) atoms. The summed E-state index contributed by atoms with van der Waals surface area (Å²) in [6.45, 7) is 0.665. The van der Waals surface area contributed by atoms with Crippen molar-refractivity contribution in [2.75, 3.05) is 13.7 Å². The number of hydrogen-bond donors (Lipinski definition) is 1. The Kier molecular flexibility index (Phi) is 5.08. The lowest BCUT2D eigenvalue weighted by Gasteiger charge is -2.11. The van der Waals surface area contributed by atoms with Crippen molar-refractivity contribution >= 4 is 17.5 Å². The van der Waals surface area contributed by atoms with E-state index in [-0.39, 0.29) is 11.8 Å². The standard InChI is InChI=1S/C15H20ClNO2/c1-19-14-7-6-11(10-13(14)16)8-9-17-15(18)12-4-2-3-5-12/h6-7,10,12H,2-5,8-9H2,1H3,(H,17,18). The van der Waals surface area contributed by atoms with Gasteiger partial charge in [-0.25, -0.2) is 0 Å². The Bertz CT molecular complexity index is 442. The number of rotatable bonds is 5. The van der Waals surface area contributed by atoms with E-state index in [1.165, 1.54) is 12.8 Å². The Morgan fingerprint density at radius 1 is 1.42 bits per heavy atom. The summed E-state index contributed by atoms with van der Waals surface area (Å²) in [6.07, 6.45) is 5.25. The first kappa shape index (κ1) is 14.2. The number of ether oxygens (including phenoxy) is 1. The maximum absolute atomic E-state index is 11.8. The molecule has 4 heteroatoms. The zero-order valence-corrected chi connectivity index (χ0v) is 12.0. The van der Waals surface area contributed by atoms with Crippen LogP contribution in [0.1, 0.15) is 31.2 Å². The quantitative estimate of drug-likeness (QED) is 0.900. The molecule has 1 amide bonds. The van der Waals surface area contributed by atoms with Gasteiger partial charge in [-0.1, -0.05) is 30.5 Å². The van der Waals surface area contributed by atoms with Crippen LogP contribution in [0.15, 0.2) is 18.2 Å². The normalized spacial score (nSPS) is 15.5. The maximum Gasteiger partial charge on any atom is 0.223 e. The minimum atomic E-state index is 0.206. The van der Waals surface area contributed by atoms with Crippen molar-refractivity contribution in [3.8, 4) is 5.75 Å². The zero-order valence-electron chi connectivity index (χ0n) is 11.2. The van der Waals surface area contributed by atoms with Crippen LogP contribution < -0.4 is 10.1 Å². The van der Waals surface area contributed by atoms with Gasteiger partial charge < -0.3 is 10.1 Å². The number of methoxy groups -OCH3 is 1. The first-order valence-corrected chi connectivity index (χ1v) is 7.18. The predicted octanol–water partition coefficient (Wildman–Crippen LogP) is 3.20. The van der Waals surface area contributed by atoms with Gasteiger partial charge in [0.25, 0.3) is 0 Å². The smallest absolute Gasteiger partial charge is 0.223 e. The zero-order chi connectivity index (χ0) is 13.7. The lowest BCUT2D eigenvalue weighted by atomic mass is 10.1. The molecule has 1 aliphatic carbocycles. The largest absolute Gasteiger partial charge is 0.495 e. The third kappa shape index (κ3) is 3.87. The highest BCUT2D eigenvalue weighted by Gasteiger charge is 2.21. The molecule has 1 saturated carbocycles. The van der Waals surface area contributed by atoms with Crippen LogP contribution in [-0.2, 0) is 11.2 Å². The summed E-state index contributed by atoms with van der Waals surface area (Å²) in [7, 11) is 1.60. The van der Waals surface area contributed by atoms with Crippen LogP contribution in [0, 0.1) is 5.92 Å². The minimum Gasteiger partial charge on any atom is -0.495 e. The van der Waals surface area contributed by atoms with Gasteiger partial charge in [-0.2, -0.15) is 0 Å². The van der Waals surface area contributed by atoms with Crippen molar-refractivity contribution in [2.24, 2.45) is 5.92 Å². The second kappa shape index (κ2) is 6.80. The fourth-order valence-corrected chi connectivity index (χ4v) is 2.81. The summed E-state index contributed by atoms with van der Waals surface area (Å²) < 4.78 is 5.11. The molecule has 2 rings (SSSR count). The molecule has 0 radical (unpaired) electrons. The van der Waals surface area contributed by atoms with Gasteiger partial charge in [-0.05, 0) is 37.0 Å². The highest BCUT2D eigenvalue weighted by Crippen LogP contribution is 2.26. The van der Waals surface area contributed by atoms with Crippen molar-refractivity contribution in [3.63, 3.8) is 0 Å². The number of carbonyl (C=O) groups excluding carboxylic acids is 1. The van der Waals surface area contributed by atoms with Gasteiger partial charge in [0.2, 0.25) is 5.91 Å². The lowest BCUT2D eigenvalue weighted by molar-refractivity contribution is -0.124. The third-order valence-corrected chi connectivity index (χ3v) is 3.95. The topological polar surface area (TPSA) is 38.3 Å². The van der Waals surface area contributed by atoms with Crippen LogP contribution in [0.25, 0.3) is 0 Å². The number of nitrogens with one attached hydrogen (secondary N) is 1. The Hall–Kier alpha value is -1.22. The molecule has 3 nitrogen and oxygen atoms in total. The summed E-state index contributed by atoms with van der Waals surface area (Å²) >= 11 is 6.06. The highest BCUT2D eigenvalue weighted by molar-refractivity contribution is 6.32. The molecule has 0 aromatic heterocycles. The predicted molar refractivity (Wildman–Crippen MR) is 76.7 cm³/mol. The number of carbonyl (C=O) groups is 1. The molecular weight excluding hydrogens is 262 g/mol. The van der Waals surface area contributed by atoms with Crippen molar-refractivity contribution in [2.45, 2.75) is 32.1 Å². The molecule has 104 valence electrons. The van der Waals surface area contributed by atoms with E-state index < -0.39 is 0 Å². The first-order valence-electron chi connectivity index (χ1n) is 6.81. The van der Waals surface area contributed by atoms with Crippen molar-refractivity contribution < 1.29 is 9.53 Å². The first-order chi connectivity index (χ1) is 9.20. The van der Waals surface area contributed by atoms with E-state index in [1.54, 1.807) is 7.11 Å². The summed E-state index contributed by atoms with van der Waals surface area (Å²) in [6, 6.07) is 5.73. The molecule has 1 fully saturated rings. The second-order valence-electron chi connectivity index (χ2n) is 4.99. The fourth-order valence-electron chi connectivity index (χ4n) is 2.53. The molecule has 1 aliphatic rings. The fraction of sp³-hybridized carbons (Fsp3) is 0.533. The molecular formula is C15H20ClNO2. The van der Waals surface area contributed by atoms with Gasteiger partial charge in [0.1, 0.15) is 5.75 Å². The van der Waals surface area contributed by atoms with Crippen molar-refractivity contribution in [1.82, 2.24) is 5.32 Å². The molecule has 0 saturated heterocycles. The van der Waals surface area contributed by atoms with E-state index in [1.807, 2.05) is 18.2 Å². The van der Waals surface area contributed by atoms with Crippen LogP contribution in [0.3, 0.4) is 0 Å². The molecule has 0 aliphatic heterocycles. The summed E-state index contributed by atoms with van der Waals surface area (Å²) in [5.41, 5.74) is 1.11. The van der Waals surface area contributed by atoms with E-state index in [2.05, 4.69) is 5.32 Å². The van der Waals surface area contributed by atoms with Gasteiger partial charge in [0, 0.05) is 12.5 Å². The van der Waals surface area contributed by atoms with Crippen LogP contribution >= 0.6 is 11.6 Å². The highest BCUT2D eigenvalue weighted by atomic mass is 35.5. The number of amides is 1. The van der Waals surface area contributed by atoms with Crippen LogP contribution in [0.2, 0.25) is 5.02 Å². The Morgan fingerprint density at radius 2 is 2.16 bits per heavy atom. The summed E-state index contributed by atoms with van der Waals surface area (Å²) in [4.78, 5) is 11.8. The van der Waals surface area contributed by atoms with Gasteiger partial charge in [0.05, 0.1) is 12.1 Å². The Morgan fingerprint density at radius 3 is 2.79 bits per heavy atom. The number of halogens is 1. The maximum atomic E-state index is 11.8. The molecule has 0 heterocycles. The molecule has 0 atom stereocenters. The van der Waals surface area contributed by atoms with Gasteiger partial charge >= 0.3 is 0 Å². The van der Waals surface area contributed by atoms with Crippen molar-refractivity contribution in [1.29, 1.82) is 0 Å². The molecule has 1 aromatic carbocycles. The van der Waals surface area contributed by atoms with Crippen LogP contribution in [0.4, 0.5) is 0 Å². The molecule has 0 spiro atoms. The summed E-state index contributed by atoms with van der Waals surface area (Å²) in [5, 5.41) is 3.62. The average molecular weight is 282 g/mol. The number of benzene rings is 1. The van der Waals surface area contributed by atoms with Gasteiger partial charge in [0.15, 0.2) is 0 Å². The SMILES string of the molecule is COc1ccc(CCNC(=O)C2CCCC2)cc1Cl. The Balaban J connectivity index is 1.79. The van der Waals surface area contributed by atoms with Gasteiger partial charge in [-0.15, -0.1) is 0 Å².